The third-order valence-corrected chi connectivity index (χ3v) is 5.07. The maximum Gasteiger partial charge on any atom is 0.272 e. The van der Waals surface area contributed by atoms with E-state index in [4.69, 9.17) is 4.52 Å². The van der Waals surface area contributed by atoms with Crippen molar-refractivity contribution in [2.24, 2.45) is 5.92 Å². The van der Waals surface area contributed by atoms with Crippen LogP contribution in [0.25, 0.3) is 11.4 Å². The highest BCUT2D eigenvalue weighted by Gasteiger charge is 2.26. The summed E-state index contributed by atoms with van der Waals surface area (Å²) in [5, 5.41) is 14.9. The Morgan fingerprint density at radius 1 is 1.37 bits per heavy atom. The zero-order chi connectivity index (χ0) is 20.2. The van der Waals surface area contributed by atoms with Gasteiger partial charge in [-0.2, -0.15) is 10.1 Å². The van der Waals surface area contributed by atoms with Crippen molar-refractivity contribution in [3.05, 3.63) is 48.4 Å². The maximum atomic E-state index is 12.8. The molecule has 10 heteroatoms. The topological polar surface area (TPSA) is 111 Å². The van der Waals surface area contributed by atoms with Crippen molar-refractivity contribution in [3.8, 4) is 11.4 Å². The molecule has 2 unspecified atom stereocenters. The van der Waals surface area contributed by atoms with E-state index in [2.05, 4.69) is 30.9 Å². The minimum atomic E-state index is -0.415. The normalized spacial score (nSPS) is 17.4. The molecular formula is C20H26ClN7O2. The fraction of sp³-hybridized carbons (Fsp3) is 0.450. The SMILES string of the molecule is CC(C)C(NC(=O)c1ccn(C2CCCNC2)n1)c1nc(-c2cccnc2)no1.Cl. The number of nitrogens with one attached hydrogen (secondary N) is 2. The van der Waals surface area contributed by atoms with Crippen LogP contribution in [0, 0.1) is 5.92 Å². The molecule has 9 nitrogen and oxygen atoms in total. The quantitative estimate of drug-likeness (QED) is 0.617. The van der Waals surface area contributed by atoms with Crippen LogP contribution in [0.5, 0.6) is 0 Å². The van der Waals surface area contributed by atoms with Gasteiger partial charge in [0.2, 0.25) is 11.7 Å². The first kappa shape index (κ1) is 21.9. The summed E-state index contributed by atoms with van der Waals surface area (Å²) < 4.78 is 7.32. The standard InChI is InChI=1S/C20H25N7O2.ClH/c1-13(2)17(20-24-18(26-29-20)14-5-3-8-21-11-14)23-19(28)16-7-10-27(25-16)15-6-4-9-22-12-15;/h3,5,7-8,10-11,13,15,17,22H,4,6,9,12H2,1-2H3,(H,23,28);1H. The molecule has 3 aromatic heterocycles. The molecule has 0 saturated carbocycles. The van der Waals surface area contributed by atoms with E-state index in [0.717, 1.165) is 31.5 Å². The van der Waals surface area contributed by atoms with Gasteiger partial charge in [0, 0.05) is 30.7 Å². The Hall–Kier alpha value is -2.78. The van der Waals surface area contributed by atoms with E-state index in [0.29, 0.717) is 17.4 Å². The first-order valence-electron chi connectivity index (χ1n) is 9.92. The highest BCUT2D eigenvalue weighted by molar-refractivity contribution is 5.92. The van der Waals surface area contributed by atoms with E-state index >= 15 is 0 Å². The van der Waals surface area contributed by atoms with Gasteiger partial charge in [0.15, 0.2) is 0 Å². The molecule has 2 N–H and O–H groups in total. The minimum Gasteiger partial charge on any atom is -0.339 e. The average Bonchev–Trinajstić information content (AvgIpc) is 3.43. The predicted octanol–water partition coefficient (Wildman–Crippen LogP) is 2.80. The van der Waals surface area contributed by atoms with Crippen LogP contribution in [-0.4, -0.2) is 43.9 Å². The van der Waals surface area contributed by atoms with E-state index in [1.807, 2.05) is 36.9 Å². The number of carbonyl (C=O) groups is 1. The molecule has 1 fully saturated rings. The highest BCUT2D eigenvalue weighted by atomic mass is 35.5. The van der Waals surface area contributed by atoms with Crippen molar-refractivity contribution in [2.75, 3.05) is 13.1 Å². The van der Waals surface area contributed by atoms with E-state index in [-0.39, 0.29) is 30.3 Å². The summed E-state index contributed by atoms with van der Waals surface area (Å²) in [4.78, 5) is 21.3. The molecule has 0 aromatic carbocycles. The summed E-state index contributed by atoms with van der Waals surface area (Å²) in [6.07, 6.45) is 7.39. The second-order valence-corrected chi connectivity index (χ2v) is 7.57. The lowest BCUT2D eigenvalue weighted by Crippen LogP contribution is -2.33. The van der Waals surface area contributed by atoms with Crippen LogP contribution >= 0.6 is 12.4 Å². The molecule has 1 aliphatic heterocycles. The second kappa shape index (κ2) is 9.82. The molecule has 4 heterocycles. The van der Waals surface area contributed by atoms with Gasteiger partial charge < -0.3 is 15.2 Å². The van der Waals surface area contributed by atoms with Crippen LogP contribution in [-0.2, 0) is 0 Å². The van der Waals surface area contributed by atoms with E-state index in [9.17, 15) is 4.79 Å². The maximum absolute atomic E-state index is 12.8. The molecule has 2 atom stereocenters. The first-order chi connectivity index (χ1) is 14.1. The second-order valence-electron chi connectivity index (χ2n) is 7.57. The fourth-order valence-corrected chi connectivity index (χ4v) is 3.42. The summed E-state index contributed by atoms with van der Waals surface area (Å²) in [6.45, 7) is 5.89. The molecule has 0 radical (unpaired) electrons. The number of halogens is 1. The monoisotopic (exact) mass is 431 g/mol. The van der Waals surface area contributed by atoms with Crippen molar-refractivity contribution in [1.82, 2.24) is 35.5 Å². The van der Waals surface area contributed by atoms with Gasteiger partial charge in [-0.05, 0) is 43.5 Å². The van der Waals surface area contributed by atoms with Crippen LogP contribution in [0.1, 0.15) is 55.2 Å². The van der Waals surface area contributed by atoms with Crippen molar-refractivity contribution in [2.45, 2.75) is 38.8 Å². The summed E-state index contributed by atoms with van der Waals surface area (Å²) in [5.41, 5.74) is 1.14. The fourth-order valence-electron chi connectivity index (χ4n) is 3.42. The average molecular weight is 432 g/mol. The predicted molar refractivity (Wildman–Crippen MR) is 113 cm³/mol. The van der Waals surface area contributed by atoms with Crippen LogP contribution in [0.2, 0.25) is 0 Å². The third kappa shape index (κ3) is 4.85. The van der Waals surface area contributed by atoms with Gasteiger partial charge in [0.1, 0.15) is 11.7 Å². The Bertz CT molecular complexity index is 951. The zero-order valence-corrected chi connectivity index (χ0v) is 17.8. The third-order valence-electron chi connectivity index (χ3n) is 5.07. The van der Waals surface area contributed by atoms with Crippen molar-refractivity contribution < 1.29 is 9.32 Å². The van der Waals surface area contributed by atoms with Gasteiger partial charge in [-0.3, -0.25) is 14.5 Å². The van der Waals surface area contributed by atoms with Crippen molar-refractivity contribution >= 4 is 18.3 Å². The lowest BCUT2D eigenvalue weighted by molar-refractivity contribution is 0.0907. The van der Waals surface area contributed by atoms with Gasteiger partial charge in [0.05, 0.1) is 6.04 Å². The summed E-state index contributed by atoms with van der Waals surface area (Å²) in [5.74, 6) is 0.614. The first-order valence-corrected chi connectivity index (χ1v) is 9.92. The molecular weight excluding hydrogens is 406 g/mol. The highest BCUT2D eigenvalue weighted by Crippen LogP contribution is 2.24. The summed E-state index contributed by atoms with van der Waals surface area (Å²) >= 11 is 0. The van der Waals surface area contributed by atoms with Crippen LogP contribution in [0.15, 0.2) is 41.3 Å². The molecule has 30 heavy (non-hydrogen) atoms. The molecule has 1 aliphatic rings. The van der Waals surface area contributed by atoms with E-state index in [1.54, 1.807) is 18.5 Å². The number of amides is 1. The van der Waals surface area contributed by atoms with Crippen LogP contribution < -0.4 is 10.6 Å². The summed E-state index contributed by atoms with van der Waals surface area (Å²) in [6, 6.07) is 5.28. The Morgan fingerprint density at radius 3 is 2.93 bits per heavy atom. The smallest absolute Gasteiger partial charge is 0.272 e. The number of pyridine rings is 1. The van der Waals surface area contributed by atoms with Crippen molar-refractivity contribution in [3.63, 3.8) is 0 Å². The van der Waals surface area contributed by atoms with Gasteiger partial charge in [0.25, 0.3) is 5.91 Å². The largest absolute Gasteiger partial charge is 0.339 e. The van der Waals surface area contributed by atoms with Crippen molar-refractivity contribution in [1.29, 1.82) is 0 Å². The van der Waals surface area contributed by atoms with Crippen LogP contribution in [0.4, 0.5) is 0 Å². The Labute approximate surface area is 181 Å². The van der Waals surface area contributed by atoms with Gasteiger partial charge in [-0.15, -0.1) is 12.4 Å². The van der Waals surface area contributed by atoms with Gasteiger partial charge in [-0.1, -0.05) is 19.0 Å². The minimum absolute atomic E-state index is 0. The van der Waals surface area contributed by atoms with E-state index in [1.165, 1.54) is 0 Å². The molecule has 160 valence electrons. The Balaban J connectivity index is 0.00000256. The number of aromatic nitrogens is 5. The van der Waals surface area contributed by atoms with Crippen LogP contribution in [0.3, 0.4) is 0 Å². The Kier molecular flexibility index (Phi) is 7.17. The Morgan fingerprint density at radius 2 is 2.23 bits per heavy atom. The number of piperidine rings is 1. The molecule has 4 rings (SSSR count). The molecule has 3 aromatic rings. The summed E-state index contributed by atoms with van der Waals surface area (Å²) in [7, 11) is 0. The number of hydrogen-bond acceptors (Lipinski definition) is 7. The zero-order valence-electron chi connectivity index (χ0n) is 17.0. The number of carbonyl (C=O) groups excluding carboxylic acids is 1. The molecule has 1 amide bonds. The number of rotatable bonds is 6. The lowest BCUT2D eigenvalue weighted by Gasteiger charge is -2.23. The number of nitrogens with zero attached hydrogens (tertiary/aromatic N) is 5. The number of hydrogen-bond donors (Lipinski definition) is 2. The molecule has 0 bridgehead atoms. The van der Waals surface area contributed by atoms with Gasteiger partial charge in [-0.25, -0.2) is 0 Å². The van der Waals surface area contributed by atoms with E-state index < -0.39 is 6.04 Å². The molecule has 0 spiro atoms. The lowest BCUT2D eigenvalue weighted by atomic mass is 10.0. The van der Waals surface area contributed by atoms with Gasteiger partial charge >= 0.3 is 0 Å². The molecule has 1 saturated heterocycles. The molecule has 0 aliphatic carbocycles.